The number of nitrogen functional groups attached to an aromatic ring is 1. The van der Waals surface area contributed by atoms with Crippen molar-refractivity contribution in [3.8, 4) is 0 Å². The molecule has 0 bridgehead atoms. The molecule has 0 fully saturated rings. The zero-order valence-corrected chi connectivity index (χ0v) is 10.7. The molecule has 0 saturated carbocycles. The summed E-state index contributed by atoms with van der Waals surface area (Å²) in [4.78, 5) is 11.3. The van der Waals surface area contributed by atoms with Crippen molar-refractivity contribution >= 4 is 11.9 Å². The number of nitrogens with two attached hydrogens (primary N) is 1. The monoisotopic (exact) mass is 249 g/mol. The van der Waals surface area contributed by atoms with Crippen molar-refractivity contribution in [2.45, 2.75) is 20.5 Å². The number of rotatable bonds is 5. The second-order valence-corrected chi connectivity index (χ2v) is 4.46. The van der Waals surface area contributed by atoms with Crippen molar-refractivity contribution in [3.63, 3.8) is 0 Å². The number of benzene rings is 1. The third-order valence-corrected chi connectivity index (χ3v) is 2.26. The number of ether oxygens (including phenoxy) is 1. The van der Waals surface area contributed by atoms with E-state index in [1.807, 2.05) is 19.9 Å². The molecule has 5 nitrogen and oxygen atoms in total. The topological polar surface area (TPSA) is 88.2 Å². The summed E-state index contributed by atoms with van der Waals surface area (Å²) >= 11 is 0. The van der Waals surface area contributed by atoms with Gasteiger partial charge >= 0.3 is 6.09 Å². The summed E-state index contributed by atoms with van der Waals surface area (Å²) < 4.78 is 5.05. The van der Waals surface area contributed by atoms with E-state index in [0.29, 0.717) is 18.0 Å². The van der Waals surface area contributed by atoms with E-state index in [-0.39, 0.29) is 12.4 Å². The quantitative estimate of drug-likeness (QED) is 0.549. The normalized spacial score (nSPS) is 10.2. The second-order valence-electron chi connectivity index (χ2n) is 4.46. The molecule has 0 aliphatic heterocycles. The predicted octanol–water partition coefficient (Wildman–Crippen LogP) is 1.85. The Morgan fingerprint density at radius 2 is 2.22 bits per heavy atom. The largest absolute Gasteiger partial charge is 0.445 e. The van der Waals surface area contributed by atoms with E-state index in [1.54, 1.807) is 18.2 Å². The van der Waals surface area contributed by atoms with E-state index >= 15 is 0 Å². The van der Waals surface area contributed by atoms with Gasteiger partial charge in [0.2, 0.25) is 0 Å². The Kier molecular flexibility index (Phi) is 5.17. The number of amides is 1. The number of hydrogen-bond acceptors (Lipinski definition) is 3. The lowest BCUT2D eigenvalue weighted by atomic mass is 10.1. The summed E-state index contributed by atoms with van der Waals surface area (Å²) in [5, 5.41) is 9.98. The van der Waals surface area contributed by atoms with Crippen molar-refractivity contribution in [1.82, 2.24) is 5.32 Å². The van der Waals surface area contributed by atoms with Crippen LogP contribution in [0.4, 0.5) is 4.79 Å². The number of amidine groups is 1. The van der Waals surface area contributed by atoms with Gasteiger partial charge in [0.1, 0.15) is 12.4 Å². The molecule has 0 heterocycles. The summed E-state index contributed by atoms with van der Waals surface area (Å²) in [6.45, 7) is 4.78. The summed E-state index contributed by atoms with van der Waals surface area (Å²) in [6.07, 6.45) is -0.433. The van der Waals surface area contributed by atoms with E-state index in [0.717, 1.165) is 5.56 Å². The Labute approximate surface area is 107 Å². The number of carbonyl (C=O) groups excluding carboxylic acids is 1. The molecule has 1 aromatic rings. The standard InChI is InChI=1S/C13H19N3O2/c1-9(2)7-16-13(17)18-8-10-4-3-5-11(6-10)12(14)15/h3-6,9H,7-8H2,1-2H3,(H3,14,15)(H,16,17). The summed E-state index contributed by atoms with van der Waals surface area (Å²) in [7, 11) is 0. The van der Waals surface area contributed by atoms with Gasteiger partial charge in [-0.05, 0) is 17.5 Å². The van der Waals surface area contributed by atoms with Gasteiger partial charge in [0.05, 0.1) is 0 Å². The van der Waals surface area contributed by atoms with Gasteiger partial charge in [0.25, 0.3) is 0 Å². The maximum absolute atomic E-state index is 11.3. The molecule has 0 aliphatic rings. The number of alkyl carbamates (subject to hydrolysis) is 1. The highest BCUT2D eigenvalue weighted by atomic mass is 16.5. The predicted molar refractivity (Wildman–Crippen MR) is 70.5 cm³/mol. The van der Waals surface area contributed by atoms with Crippen LogP contribution in [0, 0.1) is 11.3 Å². The van der Waals surface area contributed by atoms with Crippen molar-refractivity contribution in [3.05, 3.63) is 35.4 Å². The van der Waals surface area contributed by atoms with Crippen LogP contribution in [0.5, 0.6) is 0 Å². The number of hydrogen-bond donors (Lipinski definition) is 3. The average molecular weight is 249 g/mol. The number of nitrogens with one attached hydrogen (secondary N) is 2. The highest BCUT2D eigenvalue weighted by Gasteiger charge is 2.04. The lowest BCUT2D eigenvalue weighted by molar-refractivity contribution is 0.138. The van der Waals surface area contributed by atoms with Crippen LogP contribution < -0.4 is 11.1 Å². The van der Waals surface area contributed by atoms with Crippen LogP contribution in [0.15, 0.2) is 24.3 Å². The summed E-state index contributed by atoms with van der Waals surface area (Å²) in [6, 6.07) is 7.08. The molecule has 0 aromatic heterocycles. The number of carbonyl (C=O) groups is 1. The van der Waals surface area contributed by atoms with Crippen molar-refractivity contribution in [2.75, 3.05) is 6.54 Å². The highest BCUT2D eigenvalue weighted by Crippen LogP contribution is 2.06. The average Bonchev–Trinajstić information content (AvgIpc) is 2.34. The fourth-order valence-electron chi connectivity index (χ4n) is 1.32. The Morgan fingerprint density at radius 1 is 1.50 bits per heavy atom. The molecule has 0 radical (unpaired) electrons. The van der Waals surface area contributed by atoms with Gasteiger partial charge in [0, 0.05) is 12.1 Å². The zero-order chi connectivity index (χ0) is 13.5. The summed E-state index contributed by atoms with van der Waals surface area (Å²) in [5.41, 5.74) is 6.81. The zero-order valence-electron chi connectivity index (χ0n) is 10.7. The lowest BCUT2D eigenvalue weighted by Crippen LogP contribution is -2.27. The van der Waals surface area contributed by atoms with Crippen LogP contribution >= 0.6 is 0 Å². The van der Waals surface area contributed by atoms with Gasteiger partial charge in [-0.1, -0.05) is 32.0 Å². The molecular formula is C13H19N3O2. The molecule has 0 spiro atoms. The molecule has 1 amide bonds. The van der Waals surface area contributed by atoms with Crippen LogP contribution in [0.25, 0.3) is 0 Å². The molecule has 0 saturated heterocycles. The molecule has 0 unspecified atom stereocenters. The van der Waals surface area contributed by atoms with E-state index < -0.39 is 6.09 Å². The molecule has 1 aromatic carbocycles. The van der Waals surface area contributed by atoms with Gasteiger partial charge in [-0.15, -0.1) is 0 Å². The molecular weight excluding hydrogens is 230 g/mol. The Morgan fingerprint density at radius 3 is 2.83 bits per heavy atom. The third kappa shape index (κ3) is 4.86. The van der Waals surface area contributed by atoms with Gasteiger partial charge in [-0.2, -0.15) is 0 Å². The van der Waals surface area contributed by atoms with Crippen LogP contribution in [0.3, 0.4) is 0 Å². The van der Waals surface area contributed by atoms with Gasteiger partial charge in [-0.25, -0.2) is 4.79 Å². The highest BCUT2D eigenvalue weighted by molar-refractivity contribution is 5.95. The van der Waals surface area contributed by atoms with Crippen molar-refractivity contribution in [2.24, 2.45) is 11.7 Å². The Balaban J connectivity index is 2.46. The van der Waals surface area contributed by atoms with Gasteiger partial charge < -0.3 is 15.8 Å². The Bertz CT molecular complexity index is 430. The molecule has 18 heavy (non-hydrogen) atoms. The maximum Gasteiger partial charge on any atom is 0.407 e. The molecule has 0 aliphatic carbocycles. The van der Waals surface area contributed by atoms with E-state index in [2.05, 4.69) is 5.32 Å². The fourth-order valence-corrected chi connectivity index (χ4v) is 1.32. The minimum atomic E-state index is -0.433. The van der Waals surface area contributed by atoms with Crippen molar-refractivity contribution in [1.29, 1.82) is 5.41 Å². The first-order valence-corrected chi connectivity index (χ1v) is 5.83. The van der Waals surface area contributed by atoms with E-state index in [4.69, 9.17) is 15.9 Å². The first kappa shape index (κ1) is 14.0. The minimum absolute atomic E-state index is 0.00103. The molecule has 5 heteroatoms. The SMILES string of the molecule is CC(C)CNC(=O)OCc1cccc(C(=N)N)c1. The maximum atomic E-state index is 11.3. The van der Waals surface area contributed by atoms with Crippen LogP contribution in [-0.2, 0) is 11.3 Å². The van der Waals surface area contributed by atoms with Crippen LogP contribution in [0.2, 0.25) is 0 Å². The van der Waals surface area contributed by atoms with E-state index in [9.17, 15) is 4.79 Å². The summed E-state index contributed by atoms with van der Waals surface area (Å²) in [5.74, 6) is 0.389. The van der Waals surface area contributed by atoms with Crippen molar-refractivity contribution < 1.29 is 9.53 Å². The minimum Gasteiger partial charge on any atom is -0.445 e. The smallest absolute Gasteiger partial charge is 0.407 e. The van der Waals surface area contributed by atoms with Gasteiger partial charge in [-0.3, -0.25) is 5.41 Å². The molecule has 98 valence electrons. The molecule has 4 N–H and O–H groups in total. The molecule has 1 rings (SSSR count). The first-order valence-electron chi connectivity index (χ1n) is 5.83. The lowest BCUT2D eigenvalue weighted by Gasteiger charge is -2.09. The second kappa shape index (κ2) is 6.64. The Hall–Kier alpha value is -2.04. The van der Waals surface area contributed by atoms with Gasteiger partial charge in [0.15, 0.2) is 0 Å². The fraction of sp³-hybridized carbons (Fsp3) is 0.385. The van der Waals surface area contributed by atoms with Crippen LogP contribution in [0.1, 0.15) is 25.0 Å². The van der Waals surface area contributed by atoms with Crippen LogP contribution in [-0.4, -0.2) is 18.5 Å². The first-order chi connectivity index (χ1) is 8.49. The molecule has 0 atom stereocenters. The van der Waals surface area contributed by atoms with E-state index in [1.165, 1.54) is 0 Å². The third-order valence-electron chi connectivity index (χ3n) is 2.26.